The number of hydrogen-bond acceptors (Lipinski definition) is 7. The van der Waals surface area contributed by atoms with Crippen molar-refractivity contribution < 1.29 is 22.7 Å². The van der Waals surface area contributed by atoms with E-state index in [-0.39, 0.29) is 18.0 Å². The van der Waals surface area contributed by atoms with Crippen LogP contribution in [0.15, 0.2) is 54.9 Å². The number of H-pyrrole nitrogens is 1. The molecule has 0 saturated heterocycles. The lowest BCUT2D eigenvalue weighted by Crippen LogP contribution is -2.31. The molecule has 1 aromatic carbocycles. The van der Waals surface area contributed by atoms with Crippen LogP contribution >= 0.6 is 0 Å². The van der Waals surface area contributed by atoms with Crippen molar-refractivity contribution in [1.29, 1.82) is 0 Å². The third kappa shape index (κ3) is 5.06. The van der Waals surface area contributed by atoms with Gasteiger partial charge in [-0.15, -0.1) is 0 Å². The maximum atomic E-state index is 12.5. The smallest absolute Gasteiger partial charge is 0.269 e. The van der Waals surface area contributed by atoms with Gasteiger partial charge in [0.05, 0.1) is 36.9 Å². The maximum absolute atomic E-state index is 12.5. The summed E-state index contributed by atoms with van der Waals surface area (Å²) in [7, 11) is -0.584. The molecule has 33 heavy (non-hydrogen) atoms. The monoisotopic (exact) mass is 470 g/mol. The molecule has 3 heterocycles. The Kier molecular flexibility index (Phi) is 6.18. The van der Waals surface area contributed by atoms with E-state index in [1.807, 2.05) is 0 Å². The number of carbonyl (C=O) groups excluding carboxylic acids is 1. The van der Waals surface area contributed by atoms with Crippen LogP contribution in [-0.4, -0.2) is 60.7 Å². The molecule has 0 aliphatic rings. The zero-order valence-corrected chi connectivity index (χ0v) is 18.7. The predicted octanol–water partition coefficient (Wildman–Crippen LogP) is 1.91. The lowest BCUT2D eigenvalue weighted by atomic mass is 10.1. The molecular weight excluding hydrogens is 448 g/mol. The molecule has 172 valence electrons. The molecule has 0 aliphatic carbocycles. The van der Waals surface area contributed by atoms with Crippen molar-refractivity contribution in [3.8, 4) is 22.8 Å². The number of ether oxygens (including phenoxy) is 2. The van der Waals surface area contributed by atoms with E-state index < -0.39 is 15.9 Å². The summed E-state index contributed by atoms with van der Waals surface area (Å²) < 4.78 is 39.5. The standard InChI is InChI=1S/C21H22N6O5S/c1-31-16-3-4-20(32-2)17(12-16)18-13-19(25-24-18)21(28)22-8-10-33(29,30)26-14-6-9-27-15(11-14)5-7-23-27/h3-7,9,11-13,26H,8,10H2,1-2H3,(H,22,28)(H,24,25). The second-order valence-corrected chi connectivity index (χ2v) is 8.87. The van der Waals surface area contributed by atoms with Crippen LogP contribution in [0.4, 0.5) is 5.69 Å². The van der Waals surface area contributed by atoms with E-state index >= 15 is 0 Å². The average Bonchev–Trinajstić information content (AvgIpc) is 3.47. The molecule has 4 aromatic rings. The van der Waals surface area contributed by atoms with Gasteiger partial charge in [-0.05, 0) is 42.5 Å². The highest BCUT2D eigenvalue weighted by atomic mass is 32.2. The van der Waals surface area contributed by atoms with Crippen molar-refractivity contribution in [3.05, 3.63) is 60.6 Å². The first-order chi connectivity index (χ1) is 15.9. The maximum Gasteiger partial charge on any atom is 0.269 e. The van der Waals surface area contributed by atoms with Gasteiger partial charge in [0.25, 0.3) is 5.91 Å². The predicted molar refractivity (Wildman–Crippen MR) is 122 cm³/mol. The summed E-state index contributed by atoms with van der Waals surface area (Å²) in [6.45, 7) is -0.0834. The minimum absolute atomic E-state index is 0.0834. The lowest BCUT2D eigenvalue weighted by Gasteiger charge is -2.09. The van der Waals surface area contributed by atoms with Gasteiger partial charge >= 0.3 is 0 Å². The Balaban J connectivity index is 1.37. The molecule has 12 heteroatoms. The third-order valence-electron chi connectivity index (χ3n) is 4.83. The van der Waals surface area contributed by atoms with E-state index in [9.17, 15) is 13.2 Å². The van der Waals surface area contributed by atoms with E-state index in [0.29, 0.717) is 28.4 Å². The second-order valence-electron chi connectivity index (χ2n) is 7.03. The Morgan fingerprint density at radius 3 is 2.76 bits per heavy atom. The molecule has 0 spiro atoms. The summed E-state index contributed by atoms with van der Waals surface area (Å²) in [5.41, 5.74) is 2.49. The fourth-order valence-electron chi connectivity index (χ4n) is 3.20. The van der Waals surface area contributed by atoms with E-state index in [1.165, 1.54) is 7.11 Å². The van der Waals surface area contributed by atoms with Crippen LogP contribution in [0.1, 0.15) is 10.5 Å². The van der Waals surface area contributed by atoms with Crippen LogP contribution in [-0.2, 0) is 10.0 Å². The van der Waals surface area contributed by atoms with Crippen molar-refractivity contribution in [1.82, 2.24) is 25.1 Å². The highest BCUT2D eigenvalue weighted by Gasteiger charge is 2.16. The van der Waals surface area contributed by atoms with Crippen LogP contribution in [0.3, 0.4) is 0 Å². The van der Waals surface area contributed by atoms with Gasteiger partial charge in [-0.3, -0.25) is 14.6 Å². The summed E-state index contributed by atoms with van der Waals surface area (Å²) in [5, 5.41) is 13.5. The number of rotatable bonds is 9. The fraction of sp³-hybridized carbons (Fsp3) is 0.190. The summed E-state index contributed by atoms with van der Waals surface area (Å²) in [4.78, 5) is 12.5. The number of sulfonamides is 1. The minimum Gasteiger partial charge on any atom is -0.497 e. The first kappa shape index (κ1) is 22.1. The number of carbonyl (C=O) groups is 1. The zero-order chi connectivity index (χ0) is 23.4. The molecule has 0 unspecified atom stereocenters. The van der Waals surface area contributed by atoms with Crippen LogP contribution in [0.5, 0.6) is 11.5 Å². The molecule has 0 bridgehead atoms. The van der Waals surface area contributed by atoms with Gasteiger partial charge in [-0.25, -0.2) is 12.9 Å². The van der Waals surface area contributed by atoms with Crippen molar-refractivity contribution in [2.45, 2.75) is 0 Å². The fourth-order valence-corrected chi connectivity index (χ4v) is 4.16. The Bertz CT molecular complexity index is 1400. The van der Waals surface area contributed by atoms with Gasteiger partial charge in [0.2, 0.25) is 10.0 Å². The normalized spacial score (nSPS) is 11.3. The zero-order valence-electron chi connectivity index (χ0n) is 17.9. The summed E-state index contributed by atoms with van der Waals surface area (Å²) in [6, 6.07) is 11.8. The molecule has 11 nitrogen and oxygen atoms in total. The molecular formula is C21H22N6O5S. The van der Waals surface area contributed by atoms with Crippen molar-refractivity contribution in [2.75, 3.05) is 31.2 Å². The molecule has 0 radical (unpaired) electrons. The van der Waals surface area contributed by atoms with Crippen molar-refractivity contribution >= 4 is 27.1 Å². The molecule has 4 rings (SSSR count). The van der Waals surface area contributed by atoms with Gasteiger partial charge in [0.15, 0.2) is 0 Å². The highest BCUT2D eigenvalue weighted by molar-refractivity contribution is 7.92. The summed E-state index contributed by atoms with van der Waals surface area (Å²) in [6.07, 6.45) is 3.27. The number of benzene rings is 1. The number of hydrogen-bond donors (Lipinski definition) is 3. The number of aromatic nitrogens is 4. The number of fused-ring (bicyclic) bond motifs is 1. The Morgan fingerprint density at radius 2 is 1.97 bits per heavy atom. The van der Waals surface area contributed by atoms with Crippen molar-refractivity contribution in [2.24, 2.45) is 0 Å². The number of anilines is 1. The van der Waals surface area contributed by atoms with Gasteiger partial charge in [-0.2, -0.15) is 10.2 Å². The van der Waals surface area contributed by atoms with Gasteiger partial charge in [0, 0.05) is 24.5 Å². The first-order valence-corrected chi connectivity index (χ1v) is 11.5. The van der Waals surface area contributed by atoms with Crippen molar-refractivity contribution in [3.63, 3.8) is 0 Å². The molecule has 0 saturated carbocycles. The van der Waals surface area contributed by atoms with E-state index in [4.69, 9.17) is 9.47 Å². The summed E-state index contributed by atoms with van der Waals surface area (Å²) in [5.74, 6) is 0.408. The summed E-state index contributed by atoms with van der Waals surface area (Å²) >= 11 is 0. The second kappa shape index (κ2) is 9.20. The van der Waals surface area contributed by atoms with Crippen LogP contribution in [0, 0.1) is 0 Å². The molecule has 3 aromatic heterocycles. The average molecular weight is 471 g/mol. The number of methoxy groups -OCH3 is 2. The van der Waals surface area contributed by atoms with Gasteiger partial charge in [-0.1, -0.05) is 0 Å². The molecule has 3 N–H and O–H groups in total. The van der Waals surface area contributed by atoms with E-state index in [2.05, 4.69) is 25.3 Å². The Labute approximate surface area is 189 Å². The SMILES string of the molecule is COc1ccc(OC)c(-c2cc(C(=O)NCCS(=O)(=O)Nc3ccn4nccc4c3)[nH]n2)c1. The number of amides is 1. The molecule has 0 aliphatic heterocycles. The van der Waals surface area contributed by atoms with E-state index in [0.717, 1.165) is 5.52 Å². The number of pyridine rings is 1. The number of aromatic amines is 1. The molecule has 1 amide bonds. The third-order valence-corrected chi connectivity index (χ3v) is 6.12. The van der Waals surface area contributed by atoms with E-state index in [1.54, 1.807) is 66.5 Å². The van der Waals surface area contributed by atoms with Crippen LogP contribution < -0.4 is 19.5 Å². The number of nitrogens with one attached hydrogen (secondary N) is 3. The minimum atomic E-state index is -3.67. The largest absolute Gasteiger partial charge is 0.497 e. The Hall–Kier alpha value is -4.06. The van der Waals surface area contributed by atoms with Gasteiger partial charge < -0.3 is 14.8 Å². The van der Waals surface area contributed by atoms with Crippen LogP contribution in [0.2, 0.25) is 0 Å². The van der Waals surface area contributed by atoms with Gasteiger partial charge in [0.1, 0.15) is 17.2 Å². The quantitative estimate of drug-likeness (QED) is 0.339. The number of nitrogens with zero attached hydrogens (tertiary/aromatic N) is 3. The first-order valence-electron chi connectivity index (χ1n) is 9.88. The topological polar surface area (TPSA) is 140 Å². The highest BCUT2D eigenvalue weighted by Crippen LogP contribution is 2.32. The molecule has 0 fully saturated rings. The molecule has 0 atom stereocenters. The Morgan fingerprint density at radius 1 is 1.12 bits per heavy atom. The van der Waals surface area contributed by atoms with Crippen LogP contribution in [0.25, 0.3) is 16.8 Å². The lowest BCUT2D eigenvalue weighted by molar-refractivity contribution is 0.0951.